The lowest BCUT2D eigenvalue weighted by atomic mass is 9.91. The molecule has 1 aromatic carbocycles. The van der Waals surface area contributed by atoms with Gasteiger partial charge in [0.25, 0.3) is 0 Å². The fourth-order valence-corrected chi connectivity index (χ4v) is 1.73. The zero-order chi connectivity index (χ0) is 11.6. The van der Waals surface area contributed by atoms with E-state index >= 15 is 0 Å². The molecule has 0 heterocycles. The molecule has 0 spiro atoms. The molecule has 0 aliphatic rings. The molecule has 2 atom stereocenters. The van der Waals surface area contributed by atoms with Gasteiger partial charge in [0.2, 0.25) is 0 Å². The summed E-state index contributed by atoms with van der Waals surface area (Å²) in [4.78, 5) is 0. The minimum Gasteiger partial charge on any atom is -0.387 e. The SMILES string of the molecule is Cc1ccc(C(O)C(N)C(C)C)c(C)c1. The highest BCUT2D eigenvalue weighted by Crippen LogP contribution is 2.23. The summed E-state index contributed by atoms with van der Waals surface area (Å²) in [6.07, 6.45) is -0.564. The standard InChI is InChI=1S/C13H21NO/c1-8(2)12(14)13(15)11-6-5-9(3)7-10(11)4/h5-8,12-13,15H,14H2,1-4H3. The van der Waals surface area contributed by atoms with Crippen molar-refractivity contribution < 1.29 is 5.11 Å². The molecule has 0 aliphatic heterocycles. The Morgan fingerprint density at radius 3 is 2.27 bits per heavy atom. The van der Waals surface area contributed by atoms with Gasteiger partial charge in [-0.2, -0.15) is 0 Å². The monoisotopic (exact) mass is 207 g/mol. The van der Waals surface area contributed by atoms with Gasteiger partial charge in [0, 0.05) is 6.04 Å². The van der Waals surface area contributed by atoms with Crippen molar-refractivity contribution in [1.82, 2.24) is 0 Å². The van der Waals surface area contributed by atoms with Crippen LogP contribution in [0.5, 0.6) is 0 Å². The fraction of sp³-hybridized carbons (Fsp3) is 0.538. The molecular formula is C13H21NO. The number of rotatable bonds is 3. The van der Waals surface area contributed by atoms with Gasteiger partial charge in [-0.25, -0.2) is 0 Å². The van der Waals surface area contributed by atoms with Crippen LogP contribution in [-0.2, 0) is 0 Å². The lowest BCUT2D eigenvalue weighted by Gasteiger charge is -2.24. The molecule has 3 N–H and O–H groups in total. The summed E-state index contributed by atoms with van der Waals surface area (Å²) in [6.45, 7) is 8.11. The van der Waals surface area contributed by atoms with E-state index in [9.17, 15) is 5.11 Å². The predicted octanol–water partition coefficient (Wildman–Crippen LogP) is 2.32. The van der Waals surface area contributed by atoms with Crippen molar-refractivity contribution in [2.75, 3.05) is 0 Å². The van der Waals surface area contributed by atoms with Crippen LogP contribution >= 0.6 is 0 Å². The summed E-state index contributed by atoms with van der Waals surface area (Å²) < 4.78 is 0. The van der Waals surface area contributed by atoms with Gasteiger partial charge in [-0.1, -0.05) is 37.6 Å². The van der Waals surface area contributed by atoms with Crippen LogP contribution in [0.4, 0.5) is 0 Å². The number of nitrogens with two attached hydrogens (primary N) is 1. The van der Waals surface area contributed by atoms with E-state index in [1.807, 2.05) is 39.8 Å². The van der Waals surface area contributed by atoms with E-state index < -0.39 is 6.10 Å². The van der Waals surface area contributed by atoms with Gasteiger partial charge in [-0.05, 0) is 30.9 Å². The van der Waals surface area contributed by atoms with Gasteiger partial charge in [0.15, 0.2) is 0 Å². The number of aryl methyl sites for hydroxylation is 2. The number of aliphatic hydroxyl groups is 1. The minimum absolute atomic E-state index is 0.202. The fourth-order valence-electron chi connectivity index (χ4n) is 1.73. The van der Waals surface area contributed by atoms with Gasteiger partial charge >= 0.3 is 0 Å². The molecule has 0 saturated carbocycles. The maximum Gasteiger partial charge on any atom is 0.0945 e. The Kier molecular flexibility index (Phi) is 3.89. The molecule has 84 valence electrons. The third kappa shape index (κ3) is 2.80. The summed E-state index contributed by atoms with van der Waals surface area (Å²) in [5.41, 5.74) is 9.21. The lowest BCUT2D eigenvalue weighted by Crippen LogP contribution is -2.33. The molecule has 0 aromatic heterocycles. The Labute approximate surface area is 92.1 Å². The molecule has 2 heteroatoms. The summed E-state index contributed by atoms with van der Waals surface area (Å²) >= 11 is 0. The Morgan fingerprint density at radius 1 is 1.20 bits per heavy atom. The van der Waals surface area contributed by atoms with Gasteiger partial charge in [-0.3, -0.25) is 0 Å². The van der Waals surface area contributed by atoms with E-state index in [1.54, 1.807) is 0 Å². The number of hydrogen-bond acceptors (Lipinski definition) is 2. The molecule has 0 saturated heterocycles. The Morgan fingerprint density at radius 2 is 1.80 bits per heavy atom. The topological polar surface area (TPSA) is 46.2 Å². The first-order valence-corrected chi connectivity index (χ1v) is 5.44. The average Bonchev–Trinajstić information content (AvgIpc) is 2.15. The summed E-state index contributed by atoms with van der Waals surface area (Å²) in [6, 6.07) is 5.85. The van der Waals surface area contributed by atoms with Crippen LogP contribution in [0, 0.1) is 19.8 Å². The molecular weight excluding hydrogens is 186 g/mol. The van der Waals surface area contributed by atoms with Crippen LogP contribution in [-0.4, -0.2) is 11.1 Å². The van der Waals surface area contributed by atoms with Gasteiger partial charge in [0.05, 0.1) is 6.10 Å². The molecule has 0 fully saturated rings. The van der Waals surface area contributed by atoms with Gasteiger partial charge < -0.3 is 10.8 Å². The van der Waals surface area contributed by atoms with Crippen molar-refractivity contribution in [2.24, 2.45) is 11.7 Å². The zero-order valence-corrected chi connectivity index (χ0v) is 9.99. The zero-order valence-electron chi connectivity index (χ0n) is 9.99. The second-order valence-corrected chi connectivity index (χ2v) is 4.63. The summed E-state index contributed by atoms with van der Waals surface area (Å²) in [7, 11) is 0. The molecule has 2 nitrogen and oxygen atoms in total. The van der Waals surface area contributed by atoms with Crippen LogP contribution in [0.15, 0.2) is 18.2 Å². The highest BCUT2D eigenvalue weighted by Gasteiger charge is 2.21. The largest absolute Gasteiger partial charge is 0.387 e. The van der Waals surface area contributed by atoms with E-state index in [0.29, 0.717) is 0 Å². The Balaban J connectivity index is 2.96. The molecule has 15 heavy (non-hydrogen) atoms. The van der Waals surface area contributed by atoms with Crippen LogP contribution in [0.2, 0.25) is 0 Å². The van der Waals surface area contributed by atoms with E-state index in [4.69, 9.17) is 5.73 Å². The third-order valence-electron chi connectivity index (χ3n) is 2.88. The number of benzene rings is 1. The summed E-state index contributed by atoms with van der Waals surface area (Å²) in [5, 5.41) is 10.1. The first kappa shape index (κ1) is 12.2. The van der Waals surface area contributed by atoms with Crippen LogP contribution in [0.25, 0.3) is 0 Å². The Bertz CT molecular complexity index is 333. The quantitative estimate of drug-likeness (QED) is 0.799. The highest BCUT2D eigenvalue weighted by molar-refractivity contribution is 5.32. The third-order valence-corrected chi connectivity index (χ3v) is 2.88. The van der Waals surface area contributed by atoms with Gasteiger partial charge in [0.1, 0.15) is 0 Å². The number of aliphatic hydroxyl groups excluding tert-OH is 1. The predicted molar refractivity (Wildman–Crippen MR) is 63.7 cm³/mol. The van der Waals surface area contributed by atoms with E-state index in [2.05, 4.69) is 6.07 Å². The molecule has 1 aromatic rings. The molecule has 1 rings (SSSR count). The smallest absolute Gasteiger partial charge is 0.0945 e. The number of hydrogen-bond donors (Lipinski definition) is 2. The molecule has 2 unspecified atom stereocenters. The van der Waals surface area contributed by atoms with Crippen molar-refractivity contribution in [1.29, 1.82) is 0 Å². The lowest BCUT2D eigenvalue weighted by molar-refractivity contribution is 0.125. The van der Waals surface area contributed by atoms with Crippen molar-refractivity contribution in [3.8, 4) is 0 Å². The van der Waals surface area contributed by atoms with Crippen molar-refractivity contribution >= 4 is 0 Å². The second kappa shape index (κ2) is 4.77. The normalized spacial score (nSPS) is 15.4. The minimum atomic E-state index is -0.564. The maximum absolute atomic E-state index is 10.1. The van der Waals surface area contributed by atoms with E-state index in [1.165, 1.54) is 5.56 Å². The average molecular weight is 207 g/mol. The summed E-state index contributed by atoms with van der Waals surface area (Å²) in [5.74, 6) is 0.278. The van der Waals surface area contributed by atoms with Gasteiger partial charge in [-0.15, -0.1) is 0 Å². The highest BCUT2D eigenvalue weighted by atomic mass is 16.3. The van der Waals surface area contributed by atoms with Crippen LogP contribution in [0.3, 0.4) is 0 Å². The molecule has 0 radical (unpaired) electrons. The first-order valence-electron chi connectivity index (χ1n) is 5.44. The maximum atomic E-state index is 10.1. The van der Waals surface area contributed by atoms with E-state index in [0.717, 1.165) is 11.1 Å². The van der Waals surface area contributed by atoms with E-state index in [-0.39, 0.29) is 12.0 Å². The van der Waals surface area contributed by atoms with Crippen LogP contribution in [0.1, 0.15) is 36.6 Å². The second-order valence-electron chi connectivity index (χ2n) is 4.63. The van der Waals surface area contributed by atoms with Crippen LogP contribution < -0.4 is 5.73 Å². The molecule has 0 amide bonds. The first-order chi connectivity index (χ1) is 6.93. The molecule has 0 bridgehead atoms. The molecule has 0 aliphatic carbocycles. The van der Waals surface area contributed by atoms with Crippen molar-refractivity contribution in [3.63, 3.8) is 0 Å². The van der Waals surface area contributed by atoms with Crippen molar-refractivity contribution in [2.45, 2.75) is 39.8 Å². The van der Waals surface area contributed by atoms with Crippen molar-refractivity contribution in [3.05, 3.63) is 34.9 Å². The Hall–Kier alpha value is -0.860.